The minimum absolute atomic E-state index is 0.943. The van der Waals surface area contributed by atoms with Crippen LogP contribution >= 0.6 is 33.9 Å². The third-order valence-electron chi connectivity index (χ3n) is 2.06. The molecular weight excluding hydrogens is 321 g/mol. The monoisotopic (exact) mass is 327 g/mol. The Kier molecular flexibility index (Phi) is 2.21. The fourth-order valence-electron chi connectivity index (χ4n) is 1.36. The largest absolute Gasteiger partial charge is 0.225 e. The molecule has 0 aliphatic heterocycles. The summed E-state index contributed by atoms with van der Waals surface area (Å²) in [5, 5.41) is 5.52. The number of hydrogen-bond donors (Lipinski definition) is 0. The fourth-order valence-corrected chi connectivity index (χ4v) is 2.88. The van der Waals surface area contributed by atoms with Crippen LogP contribution in [0.4, 0.5) is 0 Å². The summed E-state index contributed by atoms with van der Waals surface area (Å²) in [5.41, 5.74) is 1.14. The van der Waals surface area contributed by atoms with Gasteiger partial charge >= 0.3 is 0 Å². The zero-order chi connectivity index (χ0) is 10.3. The highest BCUT2D eigenvalue weighted by Crippen LogP contribution is 2.25. The quantitative estimate of drug-likeness (QED) is 0.643. The summed E-state index contributed by atoms with van der Waals surface area (Å²) in [6.07, 6.45) is 1.83. The van der Waals surface area contributed by atoms with Crippen molar-refractivity contribution in [2.75, 3.05) is 0 Å². The fraction of sp³-hybridized carbons (Fsp3) is 0. The lowest BCUT2D eigenvalue weighted by atomic mass is 10.2. The summed E-state index contributed by atoms with van der Waals surface area (Å²) < 4.78 is 2.91. The average molecular weight is 327 g/mol. The molecule has 0 unspecified atom stereocenters. The van der Waals surface area contributed by atoms with Crippen molar-refractivity contribution >= 4 is 38.9 Å². The molecule has 0 aliphatic carbocycles. The zero-order valence-electron chi connectivity index (χ0n) is 7.59. The molecule has 3 aromatic rings. The highest BCUT2D eigenvalue weighted by Gasteiger charge is 2.08. The molecule has 1 aromatic carbocycles. The van der Waals surface area contributed by atoms with Gasteiger partial charge in [-0.2, -0.15) is 9.61 Å². The Hall–Kier alpha value is -0.950. The van der Waals surface area contributed by atoms with E-state index in [2.05, 4.69) is 44.8 Å². The molecule has 2 aromatic heterocycles. The summed E-state index contributed by atoms with van der Waals surface area (Å²) in [6.45, 7) is 0. The van der Waals surface area contributed by atoms with Crippen molar-refractivity contribution in [1.29, 1.82) is 0 Å². The summed E-state index contributed by atoms with van der Waals surface area (Å²) in [5.74, 6) is 0. The molecule has 0 N–H and O–H groups in total. The van der Waals surface area contributed by atoms with Crippen molar-refractivity contribution in [2.45, 2.75) is 0 Å². The van der Waals surface area contributed by atoms with E-state index in [1.54, 1.807) is 11.3 Å². The van der Waals surface area contributed by atoms with Crippen LogP contribution in [-0.2, 0) is 0 Å². The zero-order valence-corrected chi connectivity index (χ0v) is 10.6. The van der Waals surface area contributed by atoms with Crippen LogP contribution in [0, 0.1) is 3.70 Å². The number of rotatable bonds is 1. The summed E-state index contributed by atoms with van der Waals surface area (Å²) in [4.78, 5) is 5.22. The van der Waals surface area contributed by atoms with Crippen LogP contribution in [0.25, 0.3) is 15.5 Å². The van der Waals surface area contributed by atoms with Gasteiger partial charge in [-0.1, -0.05) is 41.7 Å². The molecule has 0 amide bonds. The van der Waals surface area contributed by atoms with Gasteiger partial charge in [0.25, 0.3) is 0 Å². The molecule has 3 rings (SSSR count). The molecule has 74 valence electrons. The first-order valence-electron chi connectivity index (χ1n) is 4.40. The third-order valence-corrected chi connectivity index (χ3v) is 3.77. The van der Waals surface area contributed by atoms with Crippen molar-refractivity contribution < 1.29 is 0 Å². The molecular formula is C10H6IN3S. The Balaban J connectivity index is 2.20. The van der Waals surface area contributed by atoms with Crippen LogP contribution in [0.1, 0.15) is 0 Å². The van der Waals surface area contributed by atoms with E-state index in [9.17, 15) is 0 Å². The molecule has 0 saturated heterocycles. The summed E-state index contributed by atoms with van der Waals surface area (Å²) >= 11 is 3.84. The van der Waals surface area contributed by atoms with E-state index in [-0.39, 0.29) is 0 Å². The highest BCUT2D eigenvalue weighted by molar-refractivity contribution is 14.1. The first-order chi connectivity index (χ1) is 7.34. The van der Waals surface area contributed by atoms with Crippen molar-refractivity contribution in [3.8, 4) is 10.6 Å². The minimum Gasteiger partial charge on any atom is -0.225 e. The average Bonchev–Trinajstić information content (AvgIpc) is 2.83. The SMILES string of the molecule is Ic1cnc2sc(-c3ccccc3)nn12. The topological polar surface area (TPSA) is 30.2 Å². The summed E-state index contributed by atoms with van der Waals surface area (Å²) in [7, 11) is 0. The molecule has 0 atom stereocenters. The number of benzene rings is 1. The molecule has 0 aliphatic rings. The Bertz CT molecular complexity index is 599. The van der Waals surface area contributed by atoms with Crippen LogP contribution in [0.5, 0.6) is 0 Å². The van der Waals surface area contributed by atoms with E-state index in [0.717, 1.165) is 19.2 Å². The predicted octanol–water partition coefficient (Wildman–Crippen LogP) is 3.06. The van der Waals surface area contributed by atoms with Gasteiger partial charge in [0.05, 0.1) is 6.20 Å². The smallest absolute Gasteiger partial charge is 0.213 e. The second-order valence-corrected chi connectivity index (χ2v) is 5.11. The summed E-state index contributed by atoms with van der Waals surface area (Å²) in [6, 6.07) is 10.2. The number of halogens is 1. The Labute approximate surface area is 104 Å². The van der Waals surface area contributed by atoms with E-state index in [0.29, 0.717) is 0 Å². The Morgan fingerprint density at radius 2 is 2.00 bits per heavy atom. The van der Waals surface area contributed by atoms with Crippen LogP contribution < -0.4 is 0 Å². The minimum atomic E-state index is 0.943. The van der Waals surface area contributed by atoms with Crippen molar-refractivity contribution in [3.05, 3.63) is 40.2 Å². The first kappa shape index (κ1) is 9.29. The van der Waals surface area contributed by atoms with E-state index in [1.807, 2.05) is 28.9 Å². The number of aromatic nitrogens is 3. The molecule has 0 radical (unpaired) electrons. The van der Waals surface area contributed by atoms with Gasteiger partial charge < -0.3 is 0 Å². The Morgan fingerprint density at radius 1 is 1.20 bits per heavy atom. The van der Waals surface area contributed by atoms with Gasteiger partial charge in [-0.3, -0.25) is 0 Å². The van der Waals surface area contributed by atoms with Gasteiger partial charge in [0, 0.05) is 5.56 Å². The lowest BCUT2D eigenvalue weighted by Gasteiger charge is -1.92. The van der Waals surface area contributed by atoms with Crippen LogP contribution in [0.2, 0.25) is 0 Å². The maximum Gasteiger partial charge on any atom is 0.213 e. The molecule has 5 heteroatoms. The van der Waals surface area contributed by atoms with Crippen molar-refractivity contribution in [1.82, 2.24) is 14.6 Å². The van der Waals surface area contributed by atoms with Crippen LogP contribution in [-0.4, -0.2) is 14.6 Å². The molecule has 0 saturated carbocycles. The van der Waals surface area contributed by atoms with Gasteiger partial charge in [-0.05, 0) is 22.6 Å². The van der Waals surface area contributed by atoms with Gasteiger partial charge in [0.2, 0.25) is 4.96 Å². The van der Waals surface area contributed by atoms with Gasteiger partial charge in [0.1, 0.15) is 8.71 Å². The van der Waals surface area contributed by atoms with E-state index in [4.69, 9.17) is 0 Å². The molecule has 0 fully saturated rings. The number of hydrogen-bond acceptors (Lipinski definition) is 3. The molecule has 2 heterocycles. The van der Waals surface area contributed by atoms with Crippen LogP contribution in [0.3, 0.4) is 0 Å². The molecule has 3 nitrogen and oxygen atoms in total. The third kappa shape index (κ3) is 1.55. The Morgan fingerprint density at radius 3 is 2.73 bits per heavy atom. The molecule has 15 heavy (non-hydrogen) atoms. The van der Waals surface area contributed by atoms with E-state index >= 15 is 0 Å². The maximum atomic E-state index is 4.51. The maximum absolute atomic E-state index is 4.51. The number of fused-ring (bicyclic) bond motifs is 1. The normalized spacial score (nSPS) is 11.0. The standard InChI is InChI=1S/C10H6IN3S/c11-8-6-12-10-14(8)13-9(15-10)7-4-2-1-3-5-7/h1-6H. The number of nitrogens with zero attached hydrogens (tertiary/aromatic N) is 3. The predicted molar refractivity (Wildman–Crippen MR) is 69.0 cm³/mol. The lowest BCUT2D eigenvalue weighted by molar-refractivity contribution is 0.952. The van der Waals surface area contributed by atoms with Crippen molar-refractivity contribution in [3.63, 3.8) is 0 Å². The second kappa shape index (κ2) is 3.57. The van der Waals surface area contributed by atoms with Crippen LogP contribution in [0.15, 0.2) is 36.5 Å². The second-order valence-electron chi connectivity index (χ2n) is 3.05. The lowest BCUT2D eigenvalue weighted by Crippen LogP contribution is -1.86. The van der Waals surface area contributed by atoms with Gasteiger partial charge in [-0.25, -0.2) is 4.98 Å². The molecule has 0 bridgehead atoms. The molecule has 0 spiro atoms. The van der Waals surface area contributed by atoms with E-state index in [1.165, 1.54) is 0 Å². The van der Waals surface area contributed by atoms with E-state index < -0.39 is 0 Å². The van der Waals surface area contributed by atoms with Gasteiger partial charge in [0.15, 0.2) is 0 Å². The number of imidazole rings is 1. The highest BCUT2D eigenvalue weighted by atomic mass is 127. The van der Waals surface area contributed by atoms with Gasteiger partial charge in [-0.15, -0.1) is 0 Å². The van der Waals surface area contributed by atoms with Crippen molar-refractivity contribution in [2.24, 2.45) is 0 Å². The first-order valence-corrected chi connectivity index (χ1v) is 6.29.